The van der Waals surface area contributed by atoms with E-state index in [9.17, 15) is 9.18 Å². The number of nitrogen functional groups attached to an aromatic ring is 1. The van der Waals surface area contributed by atoms with Crippen LogP contribution in [0.2, 0.25) is 0 Å². The monoisotopic (exact) mass is 266 g/mol. The number of halogens is 1. The number of hydrogen-bond donors (Lipinski definition) is 3. The summed E-state index contributed by atoms with van der Waals surface area (Å²) < 4.78 is 13.7. The van der Waals surface area contributed by atoms with Crippen LogP contribution in [0.5, 0.6) is 0 Å². The van der Waals surface area contributed by atoms with Gasteiger partial charge < -0.3 is 16.2 Å². The van der Waals surface area contributed by atoms with Gasteiger partial charge in [0.25, 0.3) is 0 Å². The van der Waals surface area contributed by atoms with Crippen molar-refractivity contribution in [3.63, 3.8) is 0 Å². The molecule has 0 spiro atoms. The minimum Gasteiger partial charge on any atom is -0.478 e. The smallest absolute Gasteiger partial charge is 0.337 e. The molecule has 0 radical (unpaired) electrons. The van der Waals surface area contributed by atoms with Crippen LogP contribution in [0, 0.1) is 11.7 Å². The standard InChI is InChI=1S/C14H19FN2O2/c15-11-7-12(16)10(14(18)19)6-13(11)17-8-9-4-2-1-3-5-9/h6-7,9,17H,1-5,8,16H2,(H,18,19). The maximum absolute atomic E-state index is 13.7. The van der Waals surface area contributed by atoms with E-state index in [4.69, 9.17) is 10.8 Å². The van der Waals surface area contributed by atoms with E-state index in [1.54, 1.807) is 0 Å². The van der Waals surface area contributed by atoms with E-state index in [1.807, 2.05) is 0 Å². The first-order chi connectivity index (χ1) is 9.08. The predicted octanol–water partition coefficient (Wildman–Crippen LogP) is 3.10. The van der Waals surface area contributed by atoms with E-state index in [-0.39, 0.29) is 16.9 Å². The zero-order chi connectivity index (χ0) is 13.8. The van der Waals surface area contributed by atoms with Gasteiger partial charge in [-0.15, -0.1) is 0 Å². The third kappa shape index (κ3) is 3.36. The lowest BCUT2D eigenvalue weighted by molar-refractivity contribution is 0.0698. The summed E-state index contributed by atoms with van der Waals surface area (Å²) in [6.45, 7) is 0.680. The summed E-state index contributed by atoms with van der Waals surface area (Å²) >= 11 is 0. The number of anilines is 2. The van der Waals surface area contributed by atoms with Crippen molar-refractivity contribution in [1.29, 1.82) is 0 Å². The molecule has 0 aromatic heterocycles. The molecule has 4 nitrogen and oxygen atoms in total. The lowest BCUT2D eigenvalue weighted by Crippen LogP contribution is -2.18. The fourth-order valence-corrected chi connectivity index (χ4v) is 2.55. The van der Waals surface area contributed by atoms with Crippen molar-refractivity contribution in [2.24, 2.45) is 5.92 Å². The highest BCUT2D eigenvalue weighted by Crippen LogP contribution is 2.26. The maximum atomic E-state index is 13.7. The van der Waals surface area contributed by atoms with Crippen LogP contribution in [-0.2, 0) is 0 Å². The molecule has 104 valence electrons. The minimum atomic E-state index is -1.14. The molecule has 1 saturated carbocycles. The van der Waals surface area contributed by atoms with Gasteiger partial charge in [-0.3, -0.25) is 0 Å². The molecule has 0 heterocycles. The van der Waals surface area contributed by atoms with Crippen LogP contribution in [0.4, 0.5) is 15.8 Å². The van der Waals surface area contributed by atoms with Gasteiger partial charge in [-0.25, -0.2) is 9.18 Å². The van der Waals surface area contributed by atoms with Gasteiger partial charge in [-0.2, -0.15) is 0 Å². The molecule has 4 N–H and O–H groups in total. The summed E-state index contributed by atoms with van der Waals surface area (Å²) in [6.07, 6.45) is 6.01. The van der Waals surface area contributed by atoms with Crippen molar-refractivity contribution in [2.45, 2.75) is 32.1 Å². The Morgan fingerprint density at radius 2 is 2.05 bits per heavy atom. The first-order valence-corrected chi connectivity index (χ1v) is 6.64. The zero-order valence-corrected chi connectivity index (χ0v) is 10.8. The fraction of sp³-hybridized carbons (Fsp3) is 0.500. The van der Waals surface area contributed by atoms with Crippen LogP contribution in [0.1, 0.15) is 42.5 Å². The van der Waals surface area contributed by atoms with Crippen molar-refractivity contribution in [3.05, 3.63) is 23.5 Å². The van der Waals surface area contributed by atoms with Gasteiger partial charge in [0, 0.05) is 12.2 Å². The SMILES string of the molecule is Nc1cc(F)c(NCC2CCCCC2)cc1C(=O)O. The second-order valence-corrected chi connectivity index (χ2v) is 5.11. The van der Waals surface area contributed by atoms with Crippen LogP contribution in [0.3, 0.4) is 0 Å². The van der Waals surface area contributed by atoms with Crippen LogP contribution in [0.25, 0.3) is 0 Å². The summed E-state index contributed by atoms with van der Waals surface area (Å²) in [5.74, 6) is -1.10. The van der Waals surface area contributed by atoms with Crippen molar-refractivity contribution in [3.8, 4) is 0 Å². The van der Waals surface area contributed by atoms with Gasteiger partial charge in [0.15, 0.2) is 0 Å². The number of hydrogen-bond acceptors (Lipinski definition) is 3. The number of aromatic carboxylic acids is 1. The molecule has 1 aliphatic carbocycles. The van der Waals surface area contributed by atoms with E-state index in [0.717, 1.165) is 18.9 Å². The Morgan fingerprint density at radius 3 is 2.68 bits per heavy atom. The Hall–Kier alpha value is -1.78. The second kappa shape index (κ2) is 5.91. The van der Waals surface area contributed by atoms with E-state index in [2.05, 4.69) is 5.32 Å². The van der Waals surface area contributed by atoms with Crippen LogP contribution < -0.4 is 11.1 Å². The minimum absolute atomic E-state index is 0.0479. The van der Waals surface area contributed by atoms with E-state index in [0.29, 0.717) is 12.5 Å². The van der Waals surface area contributed by atoms with Crippen LogP contribution in [-0.4, -0.2) is 17.6 Å². The average molecular weight is 266 g/mol. The number of benzene rings is 1. The molecule has 0 atom stereocenters. The Bertz CT molecular complexity index is 471. The number of nitrogens with one attached hydrogen (secondary N) is 1. The predicted molar refractivity (Wildman–Crippen MR) is 72.8 cm³/mol. The Labute approximate surface area is 111 Å². The van der Waals surface area contributed by atoms with Crippen molar-refractivity contribution in [1.82, 2.24) is 0 Å². The first-order valence-electron chi connectivity index (χ1n) is 6.64. The Morgan fingerprint density at radius 1 is 1.37 bits per heavy atom. The van der Waals surface area contributed by atoms with Crippen molar-refractivity contribution in [2.75, 3.05) is 17.6 Å². The number of carboxylic acid groups (broad SMARTS) is 1. The van der Waals surface area contributed by atoms with Gasteiger partial charge in [0.1, 0.15) is 5.82 Å². The molecule has 0 saturated heterocycles. The highest BCUT2D eigenvalue weighted by Gasteiger charge is 2.16. The summed E-state index contributed by atoms with van der Waals surface area (Å²) in [5, 5.41) is 12.0. The number of rotatable bonds is 4. The normalized spacial score (nSPS) is 16.3. The highest BCUT2D eigenvalue weighted by molar-refractivity contribution is 5.94. The lowest BCUT2D eigenvalue weighted by atomic mass is 9.89. The molecule has 2 rings (SSSR count). The van der Waals surface area contributed by atoms with Crippen LogP contribution >= 0.6 is 0 Å². The largest absolute Gasteiger partial charge is 0.478 e. The van der Waals surface area contributed by atoms with Crippen molar-refractivity contribution < 1.29 is 14.3 Å². The number of nitrogens with two attached hydrogens (primary N) is 1. The van der Waals surface area contributed by atoms with E-state index < -0.39 is 11.8 Å². The van der Waals surface area contributed by atoms with Gasteiger partial charge >= 0.3 is 5.97 Å². The highest BCUT2D eigenvalue weighted by atomic mass is 19.1. The summed E-state index contributed by atoms with van der Waals surface area (Å²) in [7, 11) is 0. The van der Waals surface area contributed by atoms with Crippen molar-refractivity contribution >= 4 is 17.3 Å². The fourth-order valence-electron chi connectivity index (χ4n) is 2.55. The number of carbonyl (C=O) groups is 1. The molecule has 1 fully saturated rings. The number of carboxylic acids is 1. The summed E-state index contributed by atoms with van der Waals surface area (Å²) in [4.78, 5) is 11.0. The van der Waals surface area contributed by atoms with Gasteiger partial charge in [0.05, 0.1) is 11.3 Å². The van der Waals surface area contributed by atoms with Gasteiger partial charge in [-0.05, 0) is 30.9 Å². The molecular weight excluding hydrogens is 247 g/mol. The molecular formula is C14H19FN2O2. The summed E-state index contributed by atoms with van der Waals surface area (Å²) in [5.41, 5.74) is 5.59. The maximum Gasteiger partial charge on any atom is 0.337 e. The molecule has 0 aliphatic heterocycles. The summed E-state index contributed by atoms with van der Waals surface area (Å²) in [6, 6.07) is 2.34. The zero-order valence-electron chi connectivity index (χ0n) is 10.8. The van der Waals surface area contributed by atoms with Gasteiger partial charge in [0.2, 0.25) is 0 Å². The van der Waals surface area contributed by atoms with Gasteiger partial charge in [-0.1, -0.05) is 19.3 Å². The quantitative estimate of drug-likeness (QED) is 0.732. The average Bonchev–Trinajstić information content (AvgIpc) is 2.38. The molecule has 1 aromatic carbocycles. The molecule has 5 heteroatoms. The molecule has 0 unspecified atom stereocenters. The van der Waals surface area contributed by atoms with Crippen LogP contribution in [0.15, 0.2) is 12.1 Å². The Kier molecular flexibility index (Phi) is 4.24. The first kappa shape index (κ1) is 13.6. The molecule has 19 heavy (non-hydrogen) atoms. The molecule has 1 aliphatic rings. The lowest BCUT2D eigenvalue weighted by Gasteiger charge is -2.22. The third-order valence-electron chi connectivity index (χ3n) is 3.68. The van der Waals surface area contributed by atoms with E-state index >= 15 is 0 Å². The Balaban J connectivity index is 2.06. The molecule has 1 aromatic rings. The second-order valence-electron chi connectivity index (χ2n) is 5.11. The topological polar surface area (TPSA) is 75.3 Å². The van der Waals surface area contributed by atoms with E-state index in [1.165, 1.54) is 25.3 Å². The molecule has 0 bridgehead atoms. The third-order valence-corrected chi connectivity index (χ3v) is 3.68. The molecule has 0 amide bonds.